The number of hydrogen-bond donors (Lipinski definition) is 0. The van der Waals surface area contributed by atoms with E-state index in [2.05, 4.69) is 6.92 Å². The maximum absolute atomic E-state index is 14.1. The molecule has 0 fully saturated rings. The molecule has 0 N–H and O–H groups in total. The molecule has 2 rings (SSSR count). The summed E-state index contributed by atoms with van der Waals surface area (Å²) in [6.07, 6.45) is 9.87. The molecule has 0 saturated carbocycles. The molecule has 1 aliphatic carbocycles. The predicted molar refractivity (Wildman–Crippen MR) is 108 cm³/mol. The van der Waals surface area contributed by atoms with E-state index in [1.807, 2.05) is 6.08 Å². The molecule has 28 heavy (non-hydrogen) atoms. The van der Waals surface area contributed by atoms with Gasteiger partial charge in [0.1, 0.15) is 5.82 Å². The molecule has 2 atom stereocenters. The van der Waals surface area contributed by atoms with Crippen molar-refractivity contribution in [3.63, 3.8) is 0 Å². The standard InChI is InChI=1S/C21H28FNO4S/c1-3-5-6-7-11-19(16-9-8-10-18(14-16)23(24)25)20-15-17(22)12-13-21(20)28(26,27)4-2/h8-10,12-13,15-16,19H,3-7,11,14H2,1-2H3/t16?,19-/m1/s1. The second-order valence-corrected chi connectivity index (χ2v) is 9.46. The van der Waals surface area contributed by atoms with E-state index in [0.29, 0.717) is 12.0 Å². The summed E-state index contributed by atoms with van der Waals surface area (Å²) >= 11 is 0. The van der Waals surface area contributed by atoms with Crippen LogP contribution in [0.5, 0.6) is 0 Å². The molecule has 7 heteroatoms. The molecule has 5 nitrogen and oxygen atoms in total. The van der Waals surface area contributed by atoms with Gasteiger partial charge in [0.25, 0.3) is 0 Å². The molecule has 0 aliphatic heterocycles. The van der Waals surface area contributed by atoms with E-state index in [0.717, 1.165) is 25.7 Å². The average Bonchev–Trinajstić information content (AvgIpc) is 2.68. The fourth-order valence-corrected chi connectivity index (χ4v) is 4.89. The lowest BCUT2D eigenvalue weighted by Gasteiger charge is -2.28. The van der Waals surface area contributed by atoms with Gasteiger partial charge in [-0.2, -0.15) is 0 Å². The maximum Gasteiger partial charge on any atom is 0.246 e. The number of nitro groups is 1. The molecule has 1 aromatic rings. The molecule has 0 heterocycles. The zero-order valence-electron chi connectivity index (χ0n) is 16.4. The number of nitrogens with zero attached hydrogens (tertiary/aromatic N) is 1. The quantitative estimate of drug-likeness (QED) is 0.224. The van der Waals surface area contributed by atoms with Gasteiger partial charge in [0.05, 0.1) is 15.6 Å². The second-order valence-electron chi connectivity index (χ2n) is 7.21. The lowest BCUT2D eigenvalue weighted by atomic mass is 9.78. The van der Waals surface area contributed by atoms with Gasteiger partial charge in [0.2, 0.25) is 5.70 Å². The molecule has 0 aromatic heterocycles. The van der Waals surface area contributed by atoms with Crippen LogP contribution < -0.4 is 0 Å². The van der Waals surface area contributed by atoms with Crippen LogP contribution in [-0.4, -0.2) is 19.1 Å². The SMILES string of the molecule is CCCCCC[C@@H](c1cc(F)ccc1S(=O)(=O)CC)C1C=CC=C([N+](=O)[O-])C1. The van der Waals surface area contributed by atoms with Crippen LogP contribution in [0, 0.1) is 21.8 Å². The first-order chi connectivity index (χ1) is 13.3. The molecule has 0 radical (unpaired) electrons. The third kappa shape index (κ3) is 5.50. The molecule has 1 aliphatic rings. The maximum atomic E-state index is 14.1. The Morgan fingerprint density at radius 2 is 2.00 bits per heavy atom. The Hall–Kier alpha value is -2.02. The molecule has 0 spiro atoms. The van der Waals surface area contributed by atoms with Crippen LogP contribution in [0.3, 0.4) is 0 Å². The van der Waals surface area contributed by atoms with Crippen molar-refractivity contribution in [2.75, 3.05) is 5.75 Å². The summed E-state index contributed by atoms with van der Waals surface area (Å²) in [5, 5.41) is 11.2. The van der Waals surface area contributed by atoms with Crippen molar-refractivity contribution in [2.45, 2.75) is 63.2 Å². The van der Waals surface area contributed by atoms with E-state index >= 15 is 0 Å². The summed E-state index contributed by atoms with van der Waals surface area (Å²) in [6, 6.07) is 3.80. The lowest BCUT2D eigenvalue weighted by molar-refractivity contribution is -0.429. The highest BCUT2D eigenvalue weighted by Gasteiger charge is 2.31. The van der Waals surface area contributed by atoms with Gasteiger partial charge in [-0.25, -0.2) is 12.8 Å². The van der Waals surface area contributed by atoms with Crippen molar-refractivity contribution in [3.05, 3.63) is 63.6 Å². The van der Waals surface area contributed by atoms with Crippen molar-refractivity contribution in [1.82, 2.24) is 0 Å². The lowest BCUT2D eigenvalue weighted by Crippen LogP contribution is -2.19. The summed E-state index contributed by atoms with van der Waals surface area (Å²) in [6.45, 7) is 3.67. The van der Waals surface area contributed by atoms with Gasteiger partial charge in [-0.15, -0.1) is 0 Å². The number of sulfone groups is 1. The molecule has 1 aromatic carbocycles. The van der Waals surface area contributed by atoms with Gasteiger partial charge >= 0.3 is 0 Å². The largest absolute Gasteiger partial charge is 0.259 e. The Labute approximate surface area is 166 Å². The van der Waals surface area contributed by atoms with Crippen molar-refractivity contribution >= 4 is 9.84 Å². The molecule has 0 amide bonds. The topological polar surface area (TPSA) is 77.3 Å². The number of allylic oxidation sites excluding steroid dienone is 4. The van der Waals surface area contributed by atoms with E-state index in [1.165, 1.54) is 24.3 Å². The highest BCUT2D eigenvalue weighted by atomic mass is 32.2. The summed E-state index contributed by atoms with van der Waals surface area (Å²) in [5.74, 6) is -1.09. The van der Waals surface area contributed by atoms with Crippen molar-refractivity contribution in [3.8, 4) is 0 Å². The number of unbranched alkanes of at least 4 members (excludes halogenated alkanes) is 3. The normalized spacial score (nSPS) is 18.0. The summed E-state index contributed by atoms with van der Waals surface area (Å²) < 4.78 is 39.3. The molecule has 154 valence electrons. The van der Waals surface area contributed by atoms with E-state index < -0.39 is 20.6 Å². The Balaban J connectivity index is 2.45. The first-order valence-corrected chi connectivity index (χ1v) is 11.5. The molecular weight excluding hydrogens is 381 g/mol. The van der Waals surface area contributed by atoms with Gasteiger partial charge < -0.3 is 0 Å². The summed E-state index contributed by atoms with van der Waals surface area (Å²) in [5.41, 5.74) is 0.542. The zero-order chi connectivity index (χ0) is 20.7. The Morgan fingerprint density at radius 3 is 2.64 bits per heavy atom. The Bertz CT molecular complexity index is 861. The third-order valence-corrected chi connectivity index (χ3v) is 7.10. The predicted octanol–water partition coefficient (Wildman–Crippen LogP) is 5.41. The third-order valence-electron chi connectivity index (χ3n) is 5.30. The van der Waals surface area contributed by atoms with Crippen LogP contribution in [0.4, 0.5) is 4.39 Å². The molecule has 1 unspecified atom stereocenters. The molecule has 0 bridgehead atoms. The van der Waals surface area contributed by atoms with Gasteiger partial charge in [0.15, 0.2) is 9.84 Å². The minimum atomic E-state index is -3.53. The molecule has 0 saturated heterocycles. The van der Waals surface area contributed by atoms with Crippen molar-refractivity contribution in [1.29, 1.82) is 0 Å². The molecular formula is C21H28FNO4S. The van der Waals surface area contributed by atoms with Gasteiger partial charge in [-0.1, -0.05) is 51.7 Å². The first-order valence-electron chi connectivity index (χ1n) is 9.84. The van der Waals surface area contributed by atoms with Gasteiger partial charge in [-0.05, 0) is 42.0 Å². The second kappa shape index (κ2) is 9.96. The first kappa shape index (κ1) is 22.3. The Morgan fingerprint density at radius 1 is 1.25 bits per heavy atom. The number of rotatable bonds is 10. The minimum Gasteiger partial charge on any atom is -0.259 e. The zero-order valence-corrected chi connectivity index (χ0v) is 17.3. The Kier molecular flexibility index (Phi) is 7.92. The van der Waals surface area contributed by atoms with E-state index in [9.17, 15) is 22.9 Å². The van der Waals surface area contributed by atoms with Crippen LogP contribution in [0.2, 0.25) is 0 Å². The fourth-order valence-electron chi connectivity index (χ4n) is 3.74. The smallest absolute Gasteiger partial charge is 0.246 e. The number of hydrogen-bond acceptors (Lipinski definition) is 4. The van der Waals surface area contributed by atoms with Crippen molar-refractivity contribution < 1.29 is 17.7 Å². The highest BCUT2D eigenvalue weighted by molar-refractivity contribution is 7.91. The van der Waals surface area contributed by atoms with E-state index in [-0.39, 0.29) is 34.6 Å². The van der Waals surface area contributed by atoms with Crippen LogP contribution in [0.1, 0.15) is 63.9 Å². The van der Waals surface area contributed by atoms with Crippen LogP contribution >= 0.6 is 0 Å². The van der Waals surface area contributed by atoms with Crippen LogP contribution in [0.15, 0.2) is 47.0 Å². The van der Waals surface area contributed by atoms with Crippen molar-refractivity contribution in [2.24, 2.45) is 5.92 Å². The average molecular weight is 410 g/mol. The highest BCUT2D eigenvalue weighted by Crippen LogP contribution is 2.40. The van der Waals surface area contributed by atoms with Gasteiger partial charge in [0, 0.05) is 12.5 Å². The van der Waals surface area contributed by atoms with E-state index in [1.54, 1.807) is 13.0 Å². The van der Waals surface area contributed by atoms with E-state index in [4.69, 9.17) is 0 Å². The summed E-state index contributed by atoms with van der Waals surface area (Å²) in [4.78, 5) is 11.0. The minimum absolute atomic E-state index is 0.0747. The fraction of sp³-hybridized carbons (Fsp3) is 0.524. The number of halogens is 1. The monoisotopic (exact) mass is 409 g/mol. The van der Waals surface area contributed by atoms with Gasteiger partial charge in [-0.3, -0.25) is 10.1 Å². The number of benzene rings is 1. The summed E-state index contributed by atoms with van der Waals surface area (Å²) in [7, 11) is -3.53. The van der Waals surface area contributed by atoms with Crippen LogP contribution in [-0.2, 0) is 9.84 Å². The van der Waals surface area contributed by atoms with Crippen LogP contribution in [0.25, 0.3) is 0 Å².